The number of hydrogen-bond acceptors (Lipinski definition) is 5. The number of nitrogens with zero attached hydrogens (tertiary/aromatic N) is 2. The van der Waals surface area contributed by atoms with Crippen LogP contribution in [0.1, 0.15) is 18.1 Å². The van der Waals surface area contributed by atoms with Gasteiger partial charge in [0.05, 0.1) is 18.6 Å². The highest BCUT2D eigenvalue weighted by molar-refractivity contribution is 6.30. The zero-order chi connectivity index (χ0) is 19.8. The quantitative estimate of drug-likeness (QED) is 0.480. The molecule has 0 spiro atoms. The number of carbonyl (C=O) groups excluding carboxylic acids is 2. The molecular weight excluding hydrogens is 374 g/mol. The molecular formula is C18H16ClN3O5. The fourth-order valence-electron chi connectivity index (χ4n) is 2.99. The standard InChI is InChI=1S/C18H16ClN3O5/c1-18(12-3-6-14(7-4-12)22(25)26)16(23)21(17(24)20-18)10-11-9-13(19)5-8-15(11)27-2/h3-9H,10H2,1-2H3,(H,20,24)/t18-/m0/s1. The van der Waals surface area contributed by atoms with Gasteiger partial charge in [-0.3, -0.25) is 19.8 Å². The maximum atomic E-state index is 13.0. The number of nitrogens with one attached hydrogen (secondary N) is 1. The van der Waals surface area contributed by atoms with Crippen LogP contribution >= 0.6 is 11.6 Å². The first-order valence-electron chi connectivity index (χ1n) is 7.97. The molecule has 9 heteroatoms. The predicted molar refractivity (Wildman–Crippen MR) is 97.5 cm³/mol. The minimum absolute atomic E-state index is 0.0169. The fraction of sp³-hybridized carbons (Fsp3) is 0.222. The third-order valence-electron chi connectivity index (χ3n) is 4.50. The Kier molecular flexibility index (Phi) is 4.75. The van der Waals surface area contributed by atoms with Crippen molar-refractivity contribution in [3.63, 3.8) is 0 Å². The van der Waals surface area contributed by atoms with E-state index in [4.69, 9.17) is 16.3 Å². The molecule has 0 radical (unpaired) electrons. The Balaban J connectivity index is 1.90. The summed E-state index contributed by atoms with van der Waals surface area (Å²) in [5, 5.41) is 13.9. The molecule has 140 valence electrons. The second-order valence-corrected chi connectivity index (χ2v) is 6.64. The maximum Gasteiger partial charge on any atom is 0.325 e. The minimum Gasteiger partial charge on any atom is -0.496 e. The van der Waals surface area contributed by atoms with Crippen LogP contribution in [0.25, 0.3) is 0 Å². The monoisotopic (exact) mass is 389 g/mol. The highest BCUT2D eigenvalue weighted by atomic mass is 35.5. The van der Waals surface area contributed by atoms with Gasteiger partial charge >= 0.3 is 6.03 Å². The van der Waals surface area contributed by atoms with E-state index in [0.29, 0.717) is 21.9 Å². The van der Waals surface area contributed by atoms with E-state index in [2.05, 4.69) is 5.32 Å². The first-order valence-corrected chi connectivity index (χ1v) is 8.35. The molecule has 1 aliphatic heterocycles. The summed E-state index contributed by atoms with van der Waals surface area (Å²) in [6, 6.07) is 9.87. The summed E-state index contributed by atoms with van der Waals surface area (Å²) in [5.41, 5.74) is -0.383. The van der Waals surface area contributed by atoms with E-state index in [9.17, 15) is 19.7 Å². The Hall–Kier alpha value is -3.13. The zero-order valence-corrected chi connectivity index (χ0v) is 15.3. The lowest BCUT2D eigenvalue weighted by atomic mass is 9.92. The van der Waals surface area contributed by atoms with Crippen LogP contribution in [0.2, 0.25) is 5.02 Å². The highest BCUT2D eigenvalue weighted by Gasteiger charge is 2.49. The average molecular weight is 390 g/mol. The Bertz CT molecular complexity index is 931. The van der Waals surface area contributed by atoms with Crippen LogP contribution in [0.4, 0.5) is 10.5 Å². The Morgan fingerprint density at radius 3 is 2.48 bits per heavy atom. The van der Waals surface area contributed by atoms with Gasteiger partial charge < -0.3 is 10.1 Å². The molecule has 0 bridgehead atoms. The van der Waals surface area contributed by atoms with Crippen LogP contribution in [-0.4, -0.2) is 28.9 Å². The first-order chi connectivity index (χ1) is 12.8. The Labute approximate surface area is 159 Å². The van der Waals surface area contributed by atoms with Crippen molar-refractivity contribution in [1.82, 2.24) is 10.2 Å². The molecule has 2 aromatic rings. The number of rotatable bonds is 5. The second-order valence-electron chi connectivity index (χ2n) is 6.21. The molecule has 0 aromatic heterocycles. The molecule has 3 rings (SSSR count). The van der Waals surface area contributed by atoms with Crippen molar-refractivity contribution in [2.75, 3.05) is 7.11 Å². The van der Waals surface area contributed by atoms with Crippen molar-refractivity contribution in [2.24, 2.45) is 0 Å². The van der Waals surface area contributed by atoms with Gasteiger partial charge in [-0.2, -0.15) is 0 Å². The molecule has 8 nitrogen and oxygen atoms in total. The van der Waals surface area contributed by atoms with Crippen molar-refractivity contribution < 1.29 is 19.2 Å². The second kappa shape index (κ2) is 6.88. The molecule has 2 aromatic carbocycles. The van der Waals surface area contributed by atoms with E-state index in [0.717, 1.165) is 4.90 Å². The van der Waals surface area contributed by atoms with Crippen LogP contribution in [0.5, 0.6) is 5.75 Å². The molecule has 1 fully saturated rings. The number of carbonyl (C=O) groups is 2. The van der Waals surface area contributed by atoms with E-state index < -0.39 is 22.4 Å². The smallest absolute Gasteiger partial charge is 0.325 e. The summed E-state index contributed by atoms with van der Waals surface area (Å²) in [6.07, 6.45) is 0. The number of hydrogen-bond donors (Lipinski definition) is 1. The van der Waals surface area contributed by atoms with E-state index >= 15 is 0 Å². The topological polar surface area (TPSA) is 102 Å². The first kappa shape index (κ1) is 18.7. The maximum absolute atomic E-state index is 13.0. The number of non-ortho nitro benzene ring substituents is 1. The third-order valence-corrected chi connectivity index (χ3v) is 4.74. The van der Waals surface area contributed by atoms with Crippen molar-refractivity contribution in [2.45, 2.75) is 19.0 Å². The normalized spacial score (nSPS) is 19.1. The predicted octanol–water partition coefficient (Wildman–Crippen LogP) is 3.22. The molecule has 1 heterocycles. The van der Waals surface area contributed by atoms with Gasteiger partial charge in [0.1, 0.15) is 11.3 Å². The fourth-order valence-corrected chi connectivity index (χ4v) is 3.19. The van der Waals surface area contributed by atoms with Crippen LogP contribution in [0.15, 0.2) is 42.5 Å². The Morgan fingerprint density at radius 2 is 1.89 bits per heavy atom. The summed E-state index contributed by atoms with van der Waals surface area (Å²) in [5.74, 6) is 0.0346. The Morgan fingerprint density at radius 1 is 1.22 bits per heavy atom. The number of nitro groups is 1. The largest absolute Gasteiger partial charge is 0.496 e. The number of methoxy groups -OCH3 is 1. The summed E-state index contributed by atoms with van der Waals surface area (Å²) in [4.78, 5) is 36.8. The number of benzene rings is 2. The van der Waals surface area contributed by atoms with Gasteiger partial charge in [-0.15, -0.1) is 0 Å². The molecule has 0 saturated carbocycles. The van der Waals surface area contributed by atoms with Gasteiger partial charge in [-0.1, -0.05) is 11.6 Å². The van der Waals surface area contributed by atoms with E-state index in [1.807, 2.05) is 0 Å². The van der Waals surface area contributed by atoms with E-state index in [1.54, 1.807) is 25.1 Å². The van der Waals surface area contributed by atoms with Gasteiger partial charge in [0, 0.05) is 22.7 Å². The molecule has 1 aliphatic rings. The summed E-state index contributed by atoms with van der Waals surface area (Å²) < 4.78 is 5.26. The number of halogens is 1. The van der Waals surface area contributed by atoms with Gasteiger partial charge in [0.2, 0.25) is 0 Å². The highest BCUT2D eigenvalue weighted by Crippen LogP contribution is 2.32. The van der Waals surface area contributed by atoms with E-state index in [-0.39, 0.29) is 12.2 Å². The molecule has 1 N–H and O–H groups in total. The van der Waals surface area contributed by atoms with Crippen LogP contribution in [-0.2, 0) is 16.9 Å². The summed E-state index contributed by atoms with van der Waals surface area (Å²) in [6.45, 7) is 1.54. The number of amides is 3. The molecule has 1 saturated heterocycles. The number of nitro benzene ring substituents is 1. The lowest BCUT2D eigenvalue weighted by molar-refractivity contribution is -0.384. The molecule has 1 atom stereocenters. The van der Waals surface area contributed by atoms with Gasteiger partial charge in [0.25, 0.3) is 11.6 Å². The number of ether oxygens (including phenoxy) is 1. The molecule has 3 amide bonds. The molecule has 27 heavy (non-hydrogen) atoms. The van der Waals surface area contributed by atoms with Crippen LogP contribution in [0, 0.1) is 10.1 Å². The third kappa shape index (κ3) is 3.31. The van der Waals surface area contributed by atoms with Crippen molar-refractivity contribution >= 4 is 29.2 Å². The zero-order valence-electron chi connectivity index (χ0n) is 14.6. The average Bonchev–Trinajstić information content (AvgIpc) is 2.86. The molecule has 0 unspecified atom stereocenters. The van der Waals surface area contributed by atoms with Crippen molar-refractivity contribution in [3.05, 3.63) is 68.7 Å². The molecule has 0 aliphatic carbocycles. The number of imide groups is 1. The van der Waals surface area contributed by atoms with Crippen molar-refractivity contribution in [3.8, 4) is 5.75 Å². The number of urea groups is 1. The lowest BCUT2D eigenvalue weighted by Gasteiger charge is -2.22. The van der Waals surface area contributed by atoms with Crippen LogP contribution < -0.4 is 10.1 Å². The van der Waals surface area contributed by atoms with Gasteiger partial charge in [-0.05, 0) is 42.8 Å². The van der Waals surface area contributed by atoms with E-state index in [1.165, 1.54) is 31.4 Å². The minimum atomic E-state index is -1.32. The summed E-state index contributed by atoms with van der Waals surface area (Å²) in [7, 11) is 1.49. The van der Waals surface area contributed by atoms with Gasteiger partial charge in [0.15, 0.2) is 0 Å². The summed E-state index contributed by atoms with van der Waals surface area (Å²) >= 11 is 6.01. The van der Waals surface area contributed by atoms with Gasteiger partial charge in [-0.25, -0.2) is 4.79 Å². The lowest BCUT2D eigenvalue weighted by Crippen LogP contribution is -2.40. The van der Waals surface area contributed by atoms with Crippen molar-refractivity contribution in [1.29, 1.82) is 0 Å². The SMILES string of the molecule is COc1ccc(Cl)cc1CN1C(=O)N[C@@](C)(c2ccc([N+](=O)[O-])cc2)C1=O. The van der Waals surface area contributed by atoms with Crippen LogP contribution in [0.3, 0.4) is 0 Å².